The summed E-state index contributed by atoms with van der Waals surface area (Å²) in [5, 5.41) is 1.87. The molecule has 0 atom stereocenters. The van der Waals surface area contributed by atoms with E-state index in [-0.39, 0.29) is 19.5 Å². The third-order valence-electron chi connectivity index (χ3n) is 2.37. The van der Waals surface area contributed by atoms with Gasteiger partial charge < -0.3 is 4.74 Å². The quantitative estimate of drug-likeness (QED) is 0.734. The molecular formula is C10H15BrN2O4S2. The molecule has 1 heterocycles. The lowest BCUT2D eigenvalue weighted by Crippen LogP contribution is -2.38. The van der Waals surface area contributed by atoms with Crippen LogP contribution < -0.4 is 4.72 Å². The molecule has 1 rings (SSSR count). The Labute approximate surface area is 125 Å². The van der Waals surface area contributed by atoms with Gasteiger partial charge in [0.2, 0.25) is 0 Å². The van der Waals surface area contributed by atoms with Crippen LogP contribution in [0.2, 0.25) is 0 Å². The minimum atomic E-state index is -3.60. The van der Waals surface area contributed by atoms with Gasteiger partial charge in [-0.1, -0.05) is 0 Å². The number of nitrogens with zero attached hydrogens (tertiary/aromatic N) is 1. The summed E-state index contributed by atoms with van der Waals surface area (Å²) in [7, 11) is -0.917. The number of hydrogen-bond acceptors (Lipinski definition) is 5. The van der Waals surface area contributed by atoms with Crippen LogP contribution in [0.3, 0.4) is 0 Å². The number of nitrogens with one attached hydrogen (secondary N) is 1. The summed E-state index contributed by atoms with van der Waals surface area (Å²) in [6, 6.07) is 1.86. The maximum atomic E-state index is 11.9. The Bertz CT molecular complexity index is 529. The Hall–Kier alpha value is -0.480. The summed E-state index contributed by atoms with van der Waals surface area (Å²) in [5.41, 5.74) is 0. The number of carbonyl (C=O) groups is 1. The van der Waals surface area contributed by atoms with Crippen LogP contribution in [0.1, 0.15) is 11.3 Å². The molecule has 0 aliphatic carbocycles. The zero-order chi connectivity index (χ0) is 14.5. The zero-order valence-corrected chi connectivity index (χ0v) is 13.8. The van der Waals surface area contributed by atoms with Crippen LogP contribution in [0, 0.1) is 0 Å². The summed E-state index contributed by atoms with van der Waals surface area (Å²) in [5.74, 6) is -0.442. The van der Waals surface area contributed by atoms with Gasteiger partial charge in [-0.3, -0.25) is 4.79 Å². The maximum Gasteiger partial charge on any atom is 0.306 e. The van der Waals surface area contributed by atoms with Crippen molar-refractivity contribution in [2.24, 2.45) is 0 Å². The molecule has 0 aliphatic rings. The first kappa shape index (κ1) is 16.6. The molecule has 0 amide bonds. The van der Waals surface area contributed by atoms with Crippen molar-refractivity contribution in [1.29, 1.82) is 0 Å². The molecular weight excluding hydrogens is 356 g/mol. The van der Waals surface area contributed by atoms with Crippen LogP contribution in [0.25, 0.3) is 0 Å². The summed E-state index contributed by atoms with van der Waals surface area (Å²) in [6.45, 7) is 0.288. The average molecular weight is 371 g/mol. The maximum absolute atomic E-state index is 11.9. The molecule has 0 aliphatic heterocycles. The van der Waals surface area contributed by atoms with Gasteiger partial charge in [0.1, 0.15) is 0 Å². The first-order valence-corrected chi connectivity index (χ1v) is 8.47. The number of esters is 1. The van der Waals surface area contributed by atoms with E-state index in [1.54, 1.807) is 0 Å². The first-order chi connectivity index (χ1) is 8.86. The molecule has 6 nitrogen and oxygen atoms in total. The molecule has 19 heavy (non-hydrogen) atoms. The van der Waals surface area contributed by atoms with Gasteiger partial charge in [-0.2, -0.15) is 17.4 Å². The van der Waals surface area contributed by atoms with Gasteiger partial charge in [-0.25, -0.2) is 0 Å². The third kappa shape index (κ3) is 5.19. The average Bonchev–Trinajstić information content (AvgIpc) is 2.78. The fourth-order valence-electron chi connectivity index (χ4n) is 1.19. The van der Waals surface area contributed by atoms with Gasteiger partial charge in [0.15, 0.2) is 0 Å². The standard InChI is InChI=1S/C10H15BrN2O4S2/c1-13(5-3-10(14)17-2)19(15,16)12-7-9-8(11)4-6-18-9/h4,6,12H,3,5,7H2,1-2H3. The number of carbonyl (C=O) groups excluding carboxylic acids is 1. The van der Waals surface area contributed by atoms with E-state index in [0.717, 1.165) is 13.7 Å². The fourth-order valence-corrected chi connectivity index (χ4v) is 3.59. The van der Waals surface area contributed by atoms with Gasteiger partial charge in [0, 0.05) is 29.5 Å². The number of ether oxygens (including phenoxy) is 1. The number of halogens is 1. The Morgan fingerprint density at radius 3 is 2.79 bits per heavy atom. The molecule has 0 saturated carbocycles. The topological polar surface area (TPSA) is 75.7 Å². The molecule has 0 bridgehead atoms. The Balaban J connectivity index is 2.51. The Morgan fingerprint density at radius 1 is 1.58 bits per heavy atom. The summed E-state index contributed by atoms with van der Waals surface area (Å²) < 4.78 is 32.7. The number of rotatable bonds is 7. The molecule has 0 radical (unpaired) electrons. The van der Waals surface area contributed by atoms with Crippen molar-refractivity contribution < 1.29 is 17.9 Å². The molecule has 9 heteroatoms. The van der Waals surface area contributed by atoms with Crippen molar-refractivity contribution in [1.82, 2.24) is 9.03 Å². The van der Waals surface area contributed by atoms with Gasteiger partial charge in [0.05, 0.1) is 13.5 Å². The molecule has 0 spiro atoms. The van der Waals surface area contributed by atoms with Crippen LogP contribution in [0.5, 0.6) is 0 Å². The van der Waals surface area contributed by atoms with Crippen LogP contribution in [0.4, 0.5) is 0 Å². The highest BCUT2D eigenvalue weighted by molar-refractivity contribution is 9.10. The van der Waals surface area contributed by atoms with Crippen molar-refractivity contribution in [3.8, 4) is 0 Å². The van der Waals surface area contributed by atoms with Crippen molar-refractivity contribution >= 4 is 43.4 Å². The molecule has 0 fully saturated rings. The lowest BCUT2D eigenvalue weighted by atomic mass is 10.4. The molecule has 1 N–H and O–H groups in total. The number of hydrogen-bond donors (Lipinski definition) is 1. The largest absolute Gasteiger partial charge is 0.469 e. The summed E-state index contributed by atoms with van der Waals surface area (Å²) in [6.07, 6.45) is 0.0244. The van der Waals surface area contributed by atoms with Gasteiger partial charge in [-0.15, -0.1) is 11.3 Å². The van der Waals surface area contributed by atoms with Crippen molar-refractivity contribution in [2.75, 3.05) is 20.7 Å². The fraction of sp³-hybridized carbons (Fsp3) is 0.500. The van der Waals surface area contributed by atoms with E-state index < -0.39 is 16.2 Å². The van der Waals surface area contributed by atoms with E-state index in [0.29, 0.717) is 0 Å². The predicted octanol–water partition coefficient (Wildman–Crippen LogP) is 1.34. The van der Waals surface area contributed by atoms with Crippen molar-refractivity contribution in [3.63, 3.8) is 0 Å². The molecule has 108 valence electrons. The molecule has 0 saturated heterocycles. The van der Waals surface area contributed by atoms with Crippen LogP contribution in [-0.4, -0.2) is 39.4 Å². The third-order valence-corrected chi connectivity index (χ3v) is 5.81. The first-order valence-electron chi connectivity index (χ1n) is 5.36. The smallest absolute Gasteiger partial charge is 0.306 e. The second-order valence-electron chi connectivity index (χ2n) is 3.67. The second kappa shape index (κ2) is 7.34. The van der Waals surface area contributed by atoms with Gasteiger partial charge >= 0.3 is 5.97 Å². The zero-order valence-electron chi connectivity index (χ0n) is 10.6. The SMILES string of the molecule is COC(=O)CCN(C)S(=O)(=O)NCc1sccc1Br. The molecule has 0 aromatic carbocycles. The monoisotopic (exact) mass is 370 g/mol. The highest BCUT2D eigenvalue weighted by Crippen LogP contribution is 2.22. The number of methoxy groups -OCH3 is 1. The molecule has 1 aromatic heterocycles. The highest BCUT2D eigenvalue weighted by atomic mass is 79.9. The predicted molar refractivity (Wildman–Crippen MR) is 77.0 cm³/mol. The highest BCUT2D eigenvalue weighted by Gasteiger charge is 2.18. The van der Waals surface area contributed by atoms with E-state index in [4.69, 9.17) is 0 Å². The van der Waals surface area contributed by atoms with E-state index in [2.05, 4.69) is 25.4 Å². The van der Waals surface area contributed by atoms with E-state index in [1.807, 2.05) is 11.4 Å². The second-order valence-corrected chi connectivity index (χ2v) is 7.38. The van der Waals surface area contributed by atoms with Crippen LogP contribution in [-0.2, 0) is 26.3 Å². The number of thiophene rings is 1. The minimum absolute atomic E-state index is 0.0244. The van der Waals surface area contributed by atoms with E-state index in [1.165, 1.54) is 25.5 Å². The normalized spacial score (nSPS) is 11.8. The van der Waals surface area contributed by atoms with E-state index >= 15 is 0 Å². The minimum Gasteiger partial charge on any atom is -0.469 e. The molecule has 1 aromatic rings. The summed E-state index contributed by atoms with van der Waals surface area (Å²) in [4.78, 5) is 11.9. The van der Waals surface area contributed by atoms with Crippen LogP contribution >= 0.6 is 27.3 Å². The van der Waals surface area contributed by atoms with Crippen molar-refractivity contribution in [2.45, 2.75) is 13.0 Å². The van der Waals surface area contributed by atoms with Gasteiger partial charge in [0.25, 0.3) is 10.2 Å². The lowest BCUT2D eigenvalue weighted by Gasteiger charge is -2.16. The van der Waals surface area contributed by atoms with Crippen molar-refractivity contribution in [3.05, 3.63) is 20.8 Å². The summed E-state index contributed by atoms with van der Waals surface area (Å²) >= 11 is 4.79. The van der Waals surface area contributed by atoms with Gasteiger partial charge in [-0.05, 0) is 27.4 Å². The Kier molecular flexibility index (Phi) is 6.40. The molecule has 0 unspecified atom stereocenters. The van der Waals surface area contributed by atoms with E-state index in [9.17, 15) is 13.2 Å². The Morgan fingerprint density at radius 2 is 2.26 bits per heavy atom. The lowest BCUT2D eigenvalue weighted by molar-refractivity contribution is -0.140. The van der Waals surface area contributed by atoms with Crippen LogP contribution in [0.15, 0.2) is 15.9 Å².